The maximum Gasteiger partial charge on any atom is 0.267 e. The monoisotopic (exact) mass is 391 g/mol. The Morgan fingerprint density at radius 1 is 1.22 bits per heavy atom. The molecule has 1 atom stereocenters. The third-order valence-corrected chi connectivity index (χ3v) is 5.44. The first-order valence-electron chi connectivity index (χ1n) is 9.56. The highest BCUT2D eigenvalue weighted by Crippen LogP contribution is 2.29. The average Bonchev–Trinajstić information content (AvgIpc) is 2.88. The molecule has 27 heavy (non-hydrogen) atoms. The number of halogens is 1. The van der Waals surface area contributed by atoms with Crippen molar-refractivity contribution >= 4 is 29.1 Å². The Morgan fingerprint density at radius 2 is 1.93 bits per heavy atom. The van der Waals surface area contributed by atoms with Crippen molar-refractivity contribution in [1.82, 2.24) is 10.2 Å². The predicted molar refractivity (Wildman–Crippen MR) is 105 cm³/mol. The minimum atomic E-state index is -1.08. The van der Waals surface area contributed by atoms with E-state index in [2.05, 4.69) is 10.5 Å². The summed E-state index contributed by atoms with van der Waals surface area (Å²) in [4.78, 5) is 32.2. The number of amides is 2. The van der Waals surface area contributed by atoms with E-state index in [1.54, 1.807) is 13.0 Å². The molecule has 0 aliphatic carbocycles. The van der Waals surface area contributed by atoms with Gasteiger partial charge in [0.05, 0.1) is 5.71 Å². The SMILES string of the molecule is C[C@]1(C(=O)NCCC(=O)N2CCCCCC2)CC(c2ccccc2Cl)=NO1. The molecule has 3 rings (SSSR count). The van der Waals surface area contributed by atoms with Gasteiger partial charge in [-0.3, -0.25) is 9.59 Å². The summed E-state index contributed by atoms with van der Waals surface area (Å²) in [5, 5.41) is 7.46. The zero-order chi connectivity index (χ0) is 19.3. The van der Waals surface area contributed by atoms with E-state index in [4.69, 9.17) is 16.4 Å². The molecule has 1 N–H and O–H groups in total. The van der Waals surface area contributed by atoms with Crippen LogP contribution in [-0.4, -0.2) is 47.7 Å². The van der Waals surface area contributed by atoms with Crippen LogP contribution in [0.25, 0.3) is 0 Å². The standard InChI is InChI=1S/C20H26ClN3O3/c1-20(14-17(23-27-20)15-8-4-5-9-16(15)21)19(26)22-11-10-18(25)24-12-6-2-3-7-13-24/h4-5,8-9H,2-3,6-7,10-14H2,1H3,(H,22,26)/t20-/m1/s1. The largest absolute Gasteiger partial charge is 0.379 e. The first-order valence-corrected chi connectivity index (χ1v) is 9.93. The molecule has 0 saturated carbocycles. The number of nitrogens with one attached hydrogen (secondary N) is 1. The molecule has 1 fully saturated rings. The summed E-state index contributed by atoms with van der Waals surface area (Å²) in [7, 11) is 0. The van der Waals surface area contributed by atoms with Crippen LogP contribution < -0.4 is 5.32 Å². The van der Waals surface area contributed by atoms with Crippen LogP contribution in [0.3, 0.4) is 0 Å². The number of rotatable bonds is 5. The van der Waals surface area contributed by atoms with Crippen molar-refractivity contribution < 1.29 is 14.4 Å². The van der Waals surface area contributed by atoms with Crippen LogP contribution in [-0.2, 0) is 14.4 Å². The van der Waals surface area contributed by atoms with Gasteiger partial charge in [0.1, 0.15) is 0 Å². The van der Waals surface area contributed by atoms with Crippen molar-refractivity contribution in [3.63, 3.8) is 0 Å². The number of benzene rings is 1. The van der Waals surface area contributed by atoms with E-state index in [1.807, 2.05) is 23.1 Å². The lowest BCUT2D eigenvalue weighted by atomic mass is 9.95. The fourth-order valence-electron chi connectivity index (χ4n) is 3.45. The molecule has 0 radical (unpaired) electrons. The van der Waals surface area contributed by atoms with Crippen molar-refractivity contribution in [3.05, 3.63) is 34.9 Å². The number of hydrogen-bond acceptors (Lipinski definition) is 4. The Bertz CT molecular complexity index is 729. The third kappa shape index (κ3) is 4.80. The topological polar surface area (TPSA) is 71.0 Å². The van der Waals surface area contributed by atoms with Crippen molar-refractivity contribution in [2.24, 2.45) is 5.16 Å². The summed E-state index contributed by atoms with van der Waals surface area (Å²) < 4.78 is 0. The number of carbonyl (C=O) groups is 2. The summed E-state index contributed by atoms with van der Waals surface area (Å²) >= 11 is 6.20. The van der Waals surface area contributed by atoms with Gasteiger partial charge in [0, 0.05) is 43.1 Å². The van der Waals surface area contributed by atoms with E-state index in [0.29, 0.717) is 30.1 Å². The molecule has 1 aromatic rings. The number of nitrogens with zero attached hydrogens (tertiary/aromatic N) is 2. The summed E-state index contributed by atoms with van der Waals surface area (Å²) in [6, 6.07) is 7.35. The van der Waals surface area contributed by atoms with Gasteiger partial charge in [-0.25, -0.2) is 0 Å². The molecule has 7 heteroatoms. The van der Waals surface area contributed by atoms with Crippen molar-refractivity contribution in [1.29, 1.82) is 0 Å². The van der Waals surface area contributed by atoms with E-state index in [0.717, 1.165) is 31.5 Å². The van der Waals surface area contributed by atoms with Crippen LogP contribution in [0.2, 0.25) is 5.02 Å². The highest BCUT2D eigenvalue weighted by atomic mass is 35.5. The smallest absolute Gasteiger partial charge is 0.267 e. The molecule has 0 spiro atoms. The van der Waals surface area contributed by atoms with Crippen LogP contribution >= 0.6 is 11.6 Å². The molecule has 2 heterocycles. The minimum Gasteiger partial charge on any atom is -0.379 e. The molecule has 146 valence electrons. The first kappa shape index (κ1) is 19.7. The van der Waals surface area contributed by atoms with Crippen molar-refractivity contribution in [3.8, 4) is 0 Å². The highest BCUT2D eigenvalue weighted by Gasteiger charge is 2.42. The van der Waals surface area contributed by atoms with Crippen molar-refractivity contribution in [2.45, 2.75) is 51.0 Å². The van der Waals surface area contributed by atoms with Gasteiger partial charge in [0.15, 0.2) is 0 Å². The average molecular weight is 392 g/mol. The van der Waals surface area contributed by atoms with Gasteiger partial charge in [-0.2, -0.15) is 0 Å². The van der Waals surface area contributed by atoms with Crippen LogP contribution in [0.5, 0.6) is 0 Å². The molecule has 2 amide bonds. The Kier molecular flexibility index (Phi) is 6.37. The molecule has 6 nitrogen and oxygen atoms in total. The first-order chi connectivity index (χ1) is 13.0. The Hall–Kier alpha value is -2.08. The number of hydrogen-bond donors (Lipinski definition) is 1. The molecule has 0 unspecified atom stereocenters. The van der Waals surface area contributed by atoms with Gasteiger partial charge in [-0.05, 0) is 25.8 Å². The van der Waals surface area contributed by atoms with Crippen LogP contribution in [0.1, 0.15) is 51.0 Å². The van der Waals surface area contributed by atoms with E-state index in [1.165, 1.54) is 12.8 Å². The molecule has 1 saturated heterocycles. The number of carbonyl (C=O) groups excluding carboxylic acids is 2. The minimum absolute atomic E-state index is 0.0997. The van der Waals surface area contributed by atoms with Gasteiger partial charge in [0.25, 0.3) is 5.91 Å². The maximum atomic E-state index is 12.6. The lowest BCUT2D eigenvalue weighted by molar-refractivity contribution is -0.141. The molecular formula is C20H26ClN3O3. The van der Waals surface area contributed by atoms with Gasteiger partial charge in [-0.1, -0.05) is 47.8 Å². The van der Waals surface area contributed by atoms with Crippen LogP contribution in [0, 0.1) is 0 Å². The van der Waals surface area contributed by atoms with Gasteiger partial charge in [0.2, 0.25) is 11.5 Å². The second kappa shape index (κ2) is 8.74. The summed E-state index contributed by atoms with van der Waals surface area (Å²) in [5.41, 5.74) is 0.339. The van der Waals surface area contributed by atoms with E-state index in [-0.39, 0.29) is 11.8 Å². The maximum absolute atomic E-state index is 12.6. The summed E-state index contributed by atoms with van der Waals surface area (Å²) in [5.74, 6) is -0.167. The van der Waals surface area contributed by atoms with E-state index in [9.17, 15) is 9.59 Å². The second-order valence-corrected chi connectivity index (χ2v) is 7.72. The van der Waals surface area contributed by atoms with Crippen LogP contribution in [0.4, 0.5) is 0 Å². The van der Waals surface area contributed by atoms with E-state index < -0.39 is 5.60 Å². The summed E-state index contributed by atoms with van der Waals surface area (Å²) in [6.07, 6.45) is 5.13. The normalized spacial score (nSPS) is 22.6. The molecular weight excluding hydrogens is 366 g/mol. The predicted octanol–water partition coefficient (Wildman–Crippen LogP) is 3.13. The number of oxime groups is 1. The lowest BCUT2D eigenvalue weighted by Gasteiger charge is -2.22. The van der Waals surface area contributed by atoms with Gasteiger partial charge < -0.3 is 15.1 Å². The summed E-state index contributed by atoms with van der Waals surface area (Å²) in [6.45, 7) is 3.64. The van der Waals surface area contributed by atoms with Crippen LogP contribution in [0.15, 0.2) is 29.4 Å². The lowest BCUT2D eigenvalue weighted by Crippen LogP contribution is -2.46. The third-order valence-electron chi connectivity index (χ3n) is 5.11. The molecule has 2 aliphatic rings. The Morgan fingerprint density at radius 3 is 2.63 bits per heavy atom. The molecule has 1 aromatic carbocycles. The fraction of sp³-hybridized carbons (Fsp3) is 0.550. The number of likely N-dealkylation sites (tertiary alicyclic amines) is 1. The quantitative estimate of drug-likeness (QED) is 0.838. The molecule has 2 aliphatic heterocycles. The zero-order valence-electron chi connectivity index (χ0n) is 15.7. The van der Waals surface area contributed by atoms with Gasteiger partial charge >= 0.3 is 0 Å². The zero-order valence-corrected chi connectivity index (χ0v) is 16.4. The highest BCUT2D eigenvalue weighted by molar-refractivity contribution is 6.34. The van der Waals surface area contributed by atoms with Gasteiger partial charge in [-0.15, -0.1) is 0 Å². The molecule has 0 aromatic heterocycles. The van der Waals surface area contributed by atoms with Crippen molar-refractivity contribution in [2.75, 3.05) is 19.6 Å². The fourth-order valence-corrected chi connectivity index (χ4v) is 3.69. The molecule has 0 bridgehead atoms. The Balaban J connectivity index is 1.48. The second-order valence-electron chi connectivity index (χ2n) is 7.32. The Labute approximate surface area is 164 Å². The van der Waals surface area contributed by atoms with E-state index >= 15 is 0 Å².